The van der Waals surface area contributed by atoms with Crippen molar-refractivity contribution in [2.24, 2.45) is 10.2 Å². The molecular weight excluding hydrogens is 354 g/mol. The molecule has 1 aliphatic rings. The molecule has 0 amide bonds. The molecular formula is C16H13Cl2FN4O. The molecule has 1 aromatic heterocycles. The summed E-state index contributed by atoms with van der Waals surface area (Å²) in [6, 6.07) is 4.38. The van der Waals surface area contributed by atoms with Crippen molar-refractivity contribution in [1.82, 2.24) is 4.98 Å². The lowest BCUT2D eigenvalue weighted by Crippen LogP contribution is -2.09. The van der Waals surface area contributed by atoms with Crippen LogP contribution >= 0.6 is 23.2 Å². The minimum Gasteiger partial charge on any atom is -0.482 e. The molecule has 1 atom stereocenters. The normalized spacial score (nSPS) is 15.0. The SMILES string of the molecule is CC(Oc1cc(C2C=NN=C2)cnc1N)c1c(Cl)ccc(F)c1Cl. The molecule has 2 N–H and O–H groups in total. The number of ether oxygens (including phenoxy) is 1. The van der Waals surface area contributed by atoms with Crippen LogP contribution in [0, 0.1) is 5.82 Å². The van der Waals surface area contributed by atoms with Gasteiger partial charge in [-0.3, -0.25) is 0 Å². The van der Waals surface area contributed by atoms with E-state index in [-0.39, 0.29) is 16.8 Å². The molecule has 0 spiro atoms. The Morgan fingerprint density at radius 1 is 1.25 bits per heavy atom. The van der Waals surface area contributed by atoms with Crippen LogP contribution in [-0.2, 0) is 0 Å². The Kier molecular flexibility index (Phi) is 4.69. The lowest BCUT2D eigenvalue weighted by molar-refractivity contribution is 0.227. The number of pyridine rings is 1. The van der Waals surface area contributed by atoms with Gasteiger partial charge in [-0.05, 0) is 30.7 Å². The van der Waals surface area contributed by atoms with E-state index < -0.39 is 11.9 Å². The summed E-state index contributed by atoms with van der Waals surface area (Å²) < 4.78 is 19.5. The van der Waals surface area contributed by atoms with Gasteiger partial charge in [-0.25, -0.2) is 9.37 Å². The minimum atomic E-state index is -0.619. The molecule has 3 rings (SSSR count). The summed E-state index contributed by atoms with van der Waals surface area (Å²) in [6.45, 7) is 1.71. The lowest BCUT2D eigenvalue weighted by atomic mass is 10.0. The monoisotopic (exact) mass is 366 g/mol. The standard InChI is InChI=1S/C16H13Cl2FN4O/c1-8(14-11(17)2-3-12(19)15(14)18)24-13-4-9(5-21-16(13)20)10-6-22-23-7-10/h2-8,10H,1H3,(H2,20,21). The fourth-order valence-corrected chi connectivity index (χ4v) is 3.02. The van der Waals surface area contributed by atoms with E-state index in [0.29, 0.717) is 16.3 Å². The summed E-state index contributed by atoms with van der Waals surface area (Å²) in [5.74, 6) is -0.0898. The van der Waals surface area contributed by atoms with Crippen molar-refractivity contribution in [3.63, 3.8) is 0 Å². The Labute approximate surface area is 148 Å². The Balaban J connectivity index is 1.91. The van der Waals surface area contributed by atoms with Crippen molar-refractivity contribution < 1.29 is 9.13 Å². The number of nitrogens with zero attached hydrogens (tertiary/aromatic N) is 3. The Morgan fingerprint density at radius 2 is 1.96 bits per heavy atom. The topological polar surface area (TPSA) is 72.9 Å². The fourth-order valence-electron chi connectivity index (χ4n) is 2.34. The third-order valence-electron chi connectivity index (χ3n) is 3.60. The number of aromatic nitrogens is 1. The van der Waals surface area contributed by atoms with Gasteiger partial charge in [0.1, 0.15) is 11.9 Å². The van der Waals surface area contributed by atoms with Gasteiger partial charge in [-0.2, -0.15) is 10.2 Å². The van der Waals surface area contributed by atoms with Crippen LogP contribution in [0.4, 0.5) is 10.2 Å². The number of benzene rings is 1. The van der Waals surface area contributed by atoms with Crippen LogP contribution in [0.15, 0.2) is 34.6 Å². The van der Waals surface area contributed by atoms with E-state index in [0.717, 1.165) is 5.56 Å². The van der Waals surface area contributed by atoms with Crippen molar-refractivity contribution in [2.75, 3.05) is 5.73 Å². The first kappa shape index (κ1) is 16.7. The average molecular weight is 367 g/mol. The van der Waals surface area contributed by atoms with E-state index in [9.17, 15) is 4.39 Å². The molecule has 0 radical (unpaired) electrons. The number of halogens is 3. The molecule has 2 aromatic rings. The van der Waals surface area contributed by atoms with E-state index in [1.165, 1.54) is 12.1 Å². The summed E-state index contributed by atoms with van der Waals surface area (Å²) in [6.07, 6.45) is 4.37. The van der Waals surface area contributed by atoms with Crippen LogP contribution in [0.1, 0.15) is 30.1 Å². The zero-order valence-corrected chi connectivity index (χ0v) is 14.1. The van der Waals surface area contributed by atoms with Crippen LogP contribution in [0.2, 0.25) is 10.0 Å². The van der Waals surface area contributed by atoms with Gasteiger partial charge in [0.2, 0.25) is 0 Å². The molecule has 1 unspecified atom stereocenters. The van der Waals surface area contributed by atoms with Crippen LogP contribution in [0.5, 0.6) is 5.75 Å². The van der Waals surface area contributed by atoms with Gasteiger partial charge in [0, 0.05) is 29.2 Å². The highest BCUT2D eigenvalue weighted by Gasteiger charge is 2.20. The third kappa shape index (κ3) is 3.20. The van der Waals surface area contributed by atoms with Crippen molar-refractivity contribution in [2.45, 2.75) is 18.9 Å². The zero-order chi connectivity index (χ0) is 17.3. The minimum absolute atomic E-state index is 0.0762. The number of nitrogens with two attached hydrogens (primary N) is 1. The van der Waals surface area contributed by atoms with Crippen molar-refractivity contribution in [3.8, 4) is 5.75 Å². The molecule has 124 valence electrons. The maximum atomic E-state index is 13.7. The highest BCUT2D eigenvalue weighted by molar-refractivity contribution is 6.36. The second-order valence-electron chi connectivity index (χ2n) is 5.22. The number of hydrogen-bond donors (Lipinski definition) is 1. The van der Waals surface area contributed by atoms with Gasteiger partial charge in [0.15, 0.2) is 11.6 Å². The van der Waals surface area contributed by atoms with Gasteiger partial charge < -0.3 is 10.5 Å². The van der Waals surface area contributed by atoms with Gasteiger partial charge in [0.25, 0.3) is 0 Å². The highest BCUT2D eigenvalue weighted by Crippen LogP contribution is 2.36. The summed E-state index contributed by atoms with van der Waals surface area (Å²) in [7, 11) is 0. The van der Waals surface area contributed by atoms with E-state index in [4.69, 9.17) is 33.7 Å². The molecule has 0 bridgehead atoms. The lowest BCUT2D eigenvalue weighted by Gasteiger charge is -2.19. The zero-order valence-electron chi connectivity index (χ0n) is 12.6. The first-order valence-electron chi connectivity index (χ1n) is 7.09. The molecule has 5 nitrogen and oxygen atoms in total. The first-order valence-corrected chi connectivity index (χ1v) is 7.85. The highest BCUT2D eigenvalue weighted by atomic mass is 35.5. The number of hydrogen-bond acceptors (Lipinski definition) is 5. The molecule has 0 saturated heterocycles. The summed E-state index contributed by atoms with van der Waals surface area (Å²) in [5, 5.41) is 7.84. The fraction of sp³-hybridized carbons (Fsp3) is 0.188. The van der Waals surface area contributed by atoms with E-state index in [1.807, 2.05) is 0 Å². The van der Waals surface area contributed by atoms with Gasteiger partial charge in [0.05, 0.1) is 10.9 Å². The van der Waals surface area contributed by atoms with Crippen molar-refractivity contribution in [1.29, 1.82) is 0 Å². The van der Waals surface area contributed by atoms with E-state index in [2.05, 4.69) is 15.2 Å². The van der Waals surface area contributed by atoms with E-state index in [1.54, 1.807) is 31.6 Å². The Hall–Kier alpha value is -2.18. The second kappa shape index (κ2) is 6.75. The molecule has 24 heavy (non-hydrogen) atoms. The van der Waals surface area contributed by atoms with E-state index >= 15 is 0 Å². The molecule has 2 heterocycles. The van der Waals surface area contributed by atoms with Crippen LogP contribution in [0.25, 0.3) is 0 Å². The quantitative estimate of drug-likeness (QED) is 0.814. The van der Waals surface area contributed by atoms with Crippen molar-refractivity contribution >= 4 is 41.4 Å². The predicted molar refractivity (Wildman–Crippen MR) is 93.8 cm³/mol. The number of rotatable bonds is 4. The first-order chi connectivity index (χ1) is 11.5. The summed E-state index contributed by atoms with van der Waals surface area (Å²) >= 11 is 12.1. The number of anilines is 1. The molecule has 8 heteroatoms. The molecule has 0 fully saturated rings. The summed E-state index contributed by atoms with van der Waals surface area (Å²) in [5.41, 5.74) is 7.06. The van der Waals surface area contributed by atoms with Gasteiger partial charge in [-0.1, -0.05) is 23.2 Å². The Bertz CT molecular complexity index is 829. The van der Waals surface area contributed by atoms with Crippen LogP contribution in [0.3, 0.4) is 0 Å². The largest absolute Gasteiger partial charge is 0.482 e. The smallest absolute Gasteiger partial charge is 0.166 e. The van der Waals surface area contributed by atoms with Gasteiger partial charge >= 0.3 is 0 Å². The molecule has 1 aromatic carbocycles. The van der Waals surface area contributed by atoms with Gasteiger partial charge in [-0.15, -0.1) is 0 Å². The van der Waals surface area contributed by atoms with Crippen molar-refractivity contribution in [3.05, 3.63) is 51.4 Å². The van der Waals surface area contributed by atoms with Crippen LogP contribution in [-0.4, -0.2) is 17.4 Å². The number of nitrogen functional groups attached to an aromatic ring is 1. The predicted octanol–water partition coefficient (Wildman–Crippen LogP) is 4.40. The Morgan fingerprint density at radius 3 is 2.67 bits per heavy atom. The van der Waals surface area contributed by atoms with Crippen LogP contribution < -0.4 is 10.5 Å². The average Bonchev–Trinajstić information content (AvgIpc) is 3.08. The molecule has 0 aliphatic carbocycles. The second-order valence-corrected chi connectivity index (χ2v) is 6.01. The third-order valence-corrected chi connectivity index (χ3v) is 4.31. The maximum absolute atomic E-state index is 13.7. The molecule has 1 aliphatic heterocycles. The summed E-state index contributed by atoms with van der Waals surface area (Å²) in [4.78, 5) is 4.12. The molecule has 0 saturated carbocycles. The maximum Gasteiger partial charge on any atom is 0.166 e.